The third kappa shape index (κ3) is 14.5. The Hall–Kier alpha value is -2.56. The second-order valence-electron chi connectivity index (χ2n) is 12.9. The summed E-state index contributed by atoms with van der Waals surface area (Å²) in [7, 11) is 0. The molecule has 0 aromatic heterocycles. The van der Waals surface area contributed by atoms with E-state index in [1.54, 1.807) is 18.2 Å². The predicted molar refractivity (Wildman–Crippen MR) is 179 cm³/mol. The molecular weight excluding hydrogens is 551 g/mol. The van der Waals surface area contributed by atoms with Crippen molar-refractivity contribution in [3.05, 3.63) is 53.8 Å². The summed E-state index contributed by atoms with van der Waals surface area (Å²) in [6.45, 7) is 5.68. The minimum absolute atomic E-state index is 0.156. The fourth-order valence-electron chi connectivity index (χ4n) is 6.34. The van der Waals surface area contributed by atoms with Crippen LogP contribution in [0.2, 0.25) is 0 Å². The van der Waals surface area contributed by atoms with Gasteiger partial charge in [0.15, 0.2) is 11.6 Å². The van der Waals surface area contributed by atoms with E-state index in [9.17, 15) is 9.18 Å². The number of carbonyl (C=O) groups excluding carboxylic acids is 1. The molecule has 0 amide bonds. The first-order chi connectivity index (χ1) is 21.6. The molecule has 0 unspecified atom stereocenters. The lowest BCUT2D eigenvalue weighted by Gasteiger charge is -2.28. The fourth-order valence-corrected chi connectivity index (χ4v) is 6.34. The van der Waals surface area contributed by atoms with Crippen LogP contribution in [0.15, 0.2) is 42.5 Å². The van der Waals surface area contributed by atoms with Crippen LogP contribution in [-0.2, 0) is 0 Å². The van der Waals surface area contributed by atoms with Gasteiger partial charge < -0.3 is 14.2 Å². The second kappa shape index (κ2) is 22.0. The zero-order chi connectivity index (χ0) is 31.2. The zero-order valence-corrected chi connectivity index (χ0v) is 27.8. The van der Waals surface area contributed by atoms with Gasteiger partial charge in [0.2, 0.25) is 0 Å². The van der Waals surface area contributed by atoms with Gasteiger partial charge in [0, 0.05) is 0 Å². The topological polar surface area (TPSA) is 44.8 Å². The van der Waals surface area contributed by atoms with Crippen molar-refractivity contribution >= 4 is 5.97 Å². The SMILES string of the molecule is CCCCCCCCCCOc1ccc(C(=O)Oc2ccc(OCCC[C@H]3CC[C@H](CCCCCCC)CC3)cc2)cc1F. The van der Waals surface area contributed by atoms with Crippen molar-refractivity contribution in [2.45, 2.75) is 142 Å². The Morgan fingerprint density at radius 2 is 1.16 bits per heavy atom. The van der Waals surface area contributed by atoms with Crippen LogP contribution in [0, 0.1) is 17.7 Å². The Balaban J connectivity index is 1.27. The third-order valence-corrected chi connectivity index (χ3v) is 9.17. The van der Waals surface area contributed by atoms with Gasteiger partial charge in [0.1, 0.15) is 11.5 Å². The van der Waals surface area contributed by atoms with E-state index in [0.29, 0.717) is 19.0 Å². The van der Waals surface area contributed by atoms with Gasteiger partial charge in [-0.05, 0) is 73.6 Å². The molecule has 0 aliphatic heterocycles. The van der Waals surface area contributed by atoms with Crippen LogP contribution in [0.25, 0.3) is 0 Å². The van der Waals surface area contributed by atoms with Crippen molar-refractivity contribution in [1.29, 1.82) is 0 Å². The van der Waals surface area contributed by atoms with Crippen molar-refractivity contribution in [1.82, 2.24) is 0 Å². The molecule has 0 N–H and O–H groups in total. The number of rotatable bonds is 23. The van der Waals surface area contributed by atoms with E-state index in [2.05, 4.69) is 13.8 Å². The van der Waals surface area contributed by atoms with Crippen molar-refractivity contribution in [2.24, 2.45) is 11.8 Å². The first kappa shape index (κ1) is 35.9. The molecule has 0 bridgehead atoms. The highest BCUT2D eigenvalue weighted by molar-refractivity contribution is 5.91. The molecule has 1 saturated carbocycles. The molecule has 0 radical (unpaired) electrons. The van der Waals surface area contributed by atoms with Gasteiger partial charge in [-0.1, -0.05) is 123 Å². The van der Waals surface area contributed by atoms with Crippen LogP contribution >= 0.6 is 0 Å². The number of hydrogen-bond acceptors (Lipinski definition) is 4. The number of ether oxygens (including phenoxy) is 3. The molecule has 0 heterocycles. The van der Waals surface area contributed by atoms with Gasteiger partial charge >= 0.3 is 5.97 Å². The molecule has 1 aliphatic rings. The maximum absolute atomic E-state index is 14.6. The predicted octanol–water partition coefficient (Wildman–Crippen LogP) is 11.9. The van der Waals surface area contributed by atoms with Crippen molar-refractivity contribution in [2.75, 3.05) is 13.2 Å². The lowest BCUT2D eigenvalue weighted by atomic mass is 9.78. The van der Waals surface area contributed by atoms with Crippen LogP contribution in [0.5, 0.6) is 17.2 Å². The zero-order valence-electron chi connectivity index (χ0n) is 27.8. The smallest absolute Gasteiger partial charge is 0.343 e. The van der Waals surface area contributed by atoms with E-state index in [1.807, 2.05) is 12.1 Å². The standard InChI is InChI=1S/C39H59FO4/c1-3-5-7-9-10-11-13-15-29-43-38-28-23-34(31-37(38)40)39(41)44-36-26-24-35(25-27-36)42-30-16-18-33-21-19-32(20-22-33)17-14-12-8-6-4-2/h23-28,31-33H,3-22,29-30H2,1-2H3/t32-,33-. The molecule has 0 saturated heterocycles. The van der Waals surface area contributed by atoms with E-state index < -0.39 is 11.8 Å². The van der Waals surface area contributed by atoms with E-state index in [0.717, 1.165) is 36.8 Å². The Morgan fingerprint density at radius 1 is 0.636 bits per heavy atom. The van der Waals surface area contributed by atoms with Gasteiger partial charge in [-0.15, -0.1) is 0 Å². The molecule has 2 aromatic carbocycles. The molecule has 44 heavy (non-hydrogen) atoms. The molecule has 1 fully saturated rings. The van der Waals surface area contributed by atoms with Crippen LogP contribution in [-0.4, -0.2) is 19.2 Å². The van der Waals surface area contributed by atoms with Crippen molar-refractivity contribution in [3.63, 3.8) is 0 Å². The molecule has 0 spiro atoms. The van der Waals surface area contributed by atoms with Crippen molar-refractivity contribution in [3.8, 4) is 17.2 Å². The Morgan fingerprint density at radius 3 is 1.77 bits per heavy atom. The van der Waals surface area contributed by atoms with Gasteiger partial charge in [0.05, 0.1) is 18.8 Å². The number of halogens is 1. The molecule has 3 rings (SSSR count). The number of esters is 1. The van der Waals surface area contributed by atoms with Crippen LogP contribution < -0.4 is 14.2 Å². The van der Waals surface area contributed by atoms with Gasteiger partial charge in [-0.3, -0.25) is 0 Å². The average molecular weight is 611 g/mol. The summed E-state index contributed by atoms with van der Waals surface area (Å²) >= 11 is 0. The number of carbonyl (C=O) groups is 1. The molecule has 0 atom stereocenters. The lowest BCUT2D eigenvalue weighted by Crippen LogP contribution is -2.15. The Kier molecular flexibility index (Phi) is 18.0. The molecule has 246 valence electrons. The quantitative estimate of drug-likeness (QED) is 0.0713. The van der Waals surface area contributed by atoms with Crippen LogP contribution in [0.1, 0.15) is 153 Å². The number of unbranched alkanes of at least 4 members (excludes halogenated alkanes) is 11. The molecular formula is C39H59FO4. The van der Waals surface area contributed by atoms with Gasteiger partial charge in [-0.2, -0.15) is 0 Å². The highest BCUT2D eigenvalue weighted by Crippen LogP contribution is 2.34. The van der Waals surface area contributed by atoms with Gasteiger partial charge in [-0.25, -0.2) is 9.18 Å². The number of hydrogen-bond donors (Lipinski definition) is 0. The summed E-state index contributed by atoms with van der Waals surface area (Å²) in [5, 5.41) is 0. The van der Waals surface area contributed by atoms with Crippen molar-refractivity contribution < 1.29 is 23.4 Å². The Labute approximate surface area is 267 Å². The van der Waals surface area contributed by atoms with Gasteiger partial charge in [0.25, 0.3) is 0 Å². The Bertz CT molecular complexity index is 1030. The minimum atomic E-state index is -0.599. The van der Waals surface area contributed by atoms with E-state index in [1.165, 1.54) is 121 Å². The largest absolute Gasteiger partial charge is 0.494 e. The maximum atomic E-state index is 14.6. The normalized spacial score (nSPS) is 16.5. The summed E-state index contributed by atoms with van der Waals surface area (Å²) < 4.78 is 31.6. The fraction of sp³-hybridized carbons (Fsp3) is 0.667. The van der Waals surface area contributed by atoms with E-state index in [4.69, 9.17) is 14.2 Å². The van der Waals surface area contributed by atoms with Crippen LogP contribution in [0.3, 0.4) is 0 Å². The molecule has 4 nitrogen and oxygen atoms in total. The second-order valence-corrected chi connectivity index (χ2v) is 12.9. The first-order valence-corrected chi connectivity index (χ1v) is 18.0. The van der Waals surface area contributed by atoms with E-state index >= 15 is 0 Å². The minimum Gasteiger partial charge on any atom is -0.494 e. The average Bonchev–Trinajstić information content (AvgIpc) is 3.04. The first-order valence-electron chi connectivity index (χ1n) is 18.0. The van der Waals surface area contributed by atoms with Crippen LogP contribution in [0.4, 0.5) is 4.39 Å². The molecule has 5 heteroatoms. The third-order valence-electron chi connectivity index (χ3n) is 9.17. The molecule has 1 aliphatic carbocycles. The monoisotopic (exact) mass is 610 g/mol. The maximum Gasteiger partial charge on any atom is 0.343 e. The highest BCUT2D eigenvalue weighted by Gasteiger charge is 2.20. The summed E-state index contributed by atoms with van der Waals surface area (Å²) in [6.07, 6.45) is 25.8. The highest BCUT2D eigenvalue weighted by atomic mass is 19.1. The summed E-state index contributed by atoms with van der Waals surface area (Å²) in [6, 6.07) is 11.3. The molecule has 2 aromatic rings. The number of benzene rings is 2. The lowest BCUT2D eigenvalue weighted by molar-refractivity contribution is 0.0734. The van der Waals surface area contributed by atoms with E-state index in [-0.39, 0.29) is 11.3 Å². The summed E-state index contributed by atoms with van der Waals surface area (Å²) in [5.74, 6) is 2.00. The summed E-state index contributed by atoms with van der Waals surface area (Å²) in [4.78, 5) is 12.6. The summed E-state index contributed by atoms with van der Waals surface area (Å²) in [5.41, 5.74) is 0.156.